The Hall–Kier alpha value is -2.71. The summed E-state index contributed by atoms with van der Waals surface area (Å²) >= 11 is 0. The zero-order valence-corrected chi connectivity index (χ0v) is 19.4. The highest BCUT2D eigenvalue weighted by Gasteiger charge is 2.31. The van der Waals surface area contributed by atoms with E-state index < -0.39 is 10.0 Å². The largest absolute Gasteiger partial charge is 0.352 e. The first-order valence-electron chi connectivity index (χ1n) is 11.0. The molecule has 0 aliphatic carbocycles. The SMILES string of the molecule is CC1CC(C)CN(S(=O)(=O)c2ccc(NC(=O)CCCNC(=O)c3ccccc3)cc2)C1. The van der Waals surface area contributed by atoms with Crippen LogP contribution in [0.3, 0.4) is 0 Å². The average Bonchev–Trinajstić information content (AvgIpc) is 2.77. The van der Waals surface area contributed by atoms with E-state index in [2.05, 4.69) is 24.5 Å². The van der Waals surface area contributed by atoms with Crippen molar-refractivity contribution < 1.29 is 18.0 Å². The highest BCUT2D eigenvalue weighted by Crippen LogP contribution is 2.27. The van der Waals surface area contributed by atoms with E-state index in [1.165, 1.54) is 12.1 Å². The van der Waals surface area contributed by atoms with E-state index >= 15 is 0 Å². The van der Waals surface area contributed by atoms with Crippen LogP contribution in [0.5, 0.6) is 0 Å². The first kappa shape index (κ1) is 23.9. The fourth-order valence-electron chi connectivity index (χ4n) is 4.03. The first-order chi connectivity index (χ1) is 15.3. The molecule has 0 bridgehead atoms. The number of piperidine rings is 1. The monoisotopic (exact) mass is 457 g/mol. The number of nitrogens with one attached hydrogen (secondary N) is 2. The Morgan fingerprint density at radius 1 is 0.969 bits per heavy atom. The normalized spacial score (nSPS) is 19.3. The summed E-state index contributed by atoms with van der Waals surface area (Å²) in [5, 5.41) is 5.56. The molecule has 2 N–H and O–H groups in total. The molecule has 2 aromatic rings. The molecule has 32 heavy (non-hydrogen) atoms. The lowest BCUT2D eigenvalue weighted by Crippen LogP contribution is -2.42. The Kier molecular flexibility index (Phi) is 8.04. The second-order valence-corrected chi connectivity index (χ2v) is 10.5. The van der Waals surface area contributed by atoms with Crippen LogP contribution in [-0.2, 0) is 14.8 Å². The van der Waals surface area contributed by atoms with Gasteiger partial charge in [-0.05, 0) is 61.1 Å². The molecule has 7 nitrogen and oxygen atoms in total. The number of carbonyl (C=O) groups is 2. The van der Waals surface area contributed by atoms with Crippen molar-refractivity contribution in [1.82, 2.24) is 9.62 Å². The summed E-state index contributed by atoms with van der Waals surface area (Å²) in [7, 11) is -3.54. The molecule has 1 saturated heterocycles. The minimum atomic E-state index is -3.54. The topological polar surface area (TPSA) is 95.6 Å². The van der Waals surface area contributed by atoms with Crippen molar-refractivity contribution in [3.05, 3.63) is 60.2 Å². The van der Waals surface area contributed by atoms with Gasteiger partial charge in [0.1, 0.15) is 0 Å². The van der Waals surface area contributed by atoms with Gasteiger partial charge in [0.25, 0.3) is 5.91 Å². The lowest BCUT2D eigenvalue weighted by Gasteiger charge is -2.34. The van der Waals surface area contributed by atoms with Gasteiger partial charge in [-0.2, -0.15) is 4.31 Å². The summed E-state index contributed by atoms with van der Waals surface area (Å²) in [4.78, 5) is 24.4. The number of rotatable bonds is 8. The molecule has 1 aliphatic heterocycles. The zero-order chi connectivity index (χ0) is 23.1. The molecular weight excluding hydrogens is 426 g/mol. The highest BCUT2D eigenvalue weighted by molar-refractivity contribution is 7.89. The molecule has 0 saturated carbocycles. The third-order valence-corrected chi connectivity index (χ3v) is 7.36. The van der Waals surface area contributed by atoms with Crippen molar-refractivity contribution in [2.75, 3.05) is 25.0 Å². The molecule has 1 heterocycles. The Bertz CT molecular complexity index is 1010. The summed E-state index contributed by atoms with van der Waals surface area (Å²) in [6, 6.07) is 15.2. The third-order valence-electron chi connectivity index (χ3n) is 5.51. The Morgan fingerprint density at radius 2 is 1.59 bits per heavy atom. The van der Waals surface area contributed by atoms with Gasteiger partial charge in [0, 0.05) is 37.3 Å². The van der Waals surface area contributed by atoms with E-state index in [1.54, 1.807) is 40.7 Å². The van der Waals surface area contributed by atoms with Crippen LogP contribution in [0, 0.1) is 11.8 Å². The Balaban J connectivity index is 1.46. The summed E-state index contributed by atoms with van der Waals surface area (Å²) in [5.41, 5.74) is 1.13. The molecule has 0 radical (unpaired) electrons. The minimum absolute atomic E-state index is 0.166. The number of carbonyl (C=O) groups excluding carboxylic acids is 2. The van der Waals surface area contributed by atoms with Gasteiger partial charge < -0.3 is 10.6 Å². The Labute approximate surface area is 190 Å². The highest BCUT2D eigenvalue weighted by atomic mass is 32.2. The van der Waals surface area contributed by atoms with Crippen LogP contribution in [0.4, 0.5) is 5.69 Å². The predicted octanol–water partition coefficient (Wildman–Crippen LogP) is 3.50. The van der Waals surface area contributed by atoms with E-state index in [4.69, 9.17) is 0 Å². The van der Waals surface area contributed by atoms with Crippen LogP contribution in [0.2, 0.25) is 0 Å². The molecule has 172 valence electrons. The van der Waals surface area contributed by atoms with Crippen LogP contribution in [-0.4, -0.2) is 44.2 Å². The molecule has 3 rings (SSSR count). The van der Waals surface area contributed by atoms with Crippen LogP contribution >= 0.6 is 0 Å². The molecule has 2 atom stereocenters. The molecule has 2 unspecified atom stereocenters. The second kappa shape index (κ2) is 10.7. The van der Waals surface area contributed by atoms with E-state index in [0.29, 0.717) is 49.1 Å². The van der Waals surface area contributed by atoms with Gasteiger partial charge in [-0.1, -0.05) is 32.0 Å². The van der Waals surface area contributed by atoms with E-state index in [9.17, 15) is 18.0 Å². The van der Waals surface area contributed by atoms with Crippen LogP contribution < -0.4 is 10.6 Å². The van der Waals surface area contributed by atoms with Crippen molar-refractivity contribution in [2.45, 2.75) is 38.0 Å². The standard InChI is InChI=1S/C24H31N3O4S/c1-18-15-19(2)17-27(16-18)32(30,31)22-12-10-21(11-13-22)26-23(28)9-6-14-25-24(29)20-7-4-3-5-8-20/h3-5,7-8,10-13,18-19H,6,9,14-17H2,1-2H3,(H,25,29)(H,26,28). The van der Waals surface area contributed by atoms with Crippen LogP contribution in [0.1, 0.15) is 43.5 Å². The van der Waals surface area contributed by atoms with Gasteiger partial charge in [-0.25, -0.2) is 8.42 Å². The second-order valence-electron chi connectivity index (χ2n) is 8.57. The number of nitrogens with zero attached hydrogens (tertiary/aromatic N) is 1. The maximum absolute atomic E-state index is 12.9. The predicted molar refractivity (Wildman–Crippen MR) is 125 cm³/mol. The maximum Gasteiger partial charge on any atom is 0.251 e. The number of benzene rings is 2. The molecule has 1 fully saturated rings. The molecule has 1 aliphatic rings. The summed E-state index contributed by atoms with van der Waals surface area (Å²) < 4.78 is 27.5. The summed E-state index contributed by atoms with van der Waals surface area (Å²) in [6.07, 6.45) is 1.79. The molecular formula is C24H31N3O4S. The van der Waals surface area contributed by atoms with Gasteiger partial charge in [0.15, 0.2) is 0 Å². The molecule has 0 aromatic heterocycles. The first-order valence-corrected chi connectivity index (χ1v) is 12.4. The van der Waals surface area contributed by atoms with Crippen molar-refractivity contribution in [1.29, 1.82) is 0 Å². The van der Waals surface area contributed by atoms with Crippen molar-refractivity contribution in [3.8, 4) is 0 Å². The van der Waals surface area contributed by atoms with Gasteiger partial charge in [-0.15, -0.1) is 0 Å². The molecule has 2 aromatic carbocycles. The van der Waals surface area contributed by atoms with Crippen LogP contribution in [0.25, 0.3) is 0 Å². The summed E-state index contributed by atoms with van der Waals surface area (Å²) in [6.45, 7) is 5.61. The number of sulfonamides is 1. The number of hydrogen-bond acceptors (Lipinski definition) is 4. The smallest absolute Gasteiger partial charge is 0.251 e. The van der Waals surface area contributed by atoms with Crippen LogP contribution in [0.15, 0.2) is 59.5 Å². The minimum Gasteiger partial charge on any atom is -0.352 e. The number of anilines is 1. The van der Waals surface area contributed by atoms with Crippen molar-refractivity contribution >= 4 is 27.5 Å². The number of hydrogen-bond donors (Lipinski definition) is 2. The maximum atomic E-state index is 12.9. The van der Waals surface area contributed by atoms with E-state index in [-0.39, 0.29) is 23.1 Å². The van der Waals surface area contributed by atoms with E-state index in [1.807, 2.05) is 6.07 Å². The Morgan fingerprint density at radius 3 is 2.22 bits per heavy atom. The fraction of sp³-hybridized carbons (Fsp3) is 0.417. The van der Waals surface area contributed by atoms with Crippen molar-refractivity contribution in [3.63, 3.8) is 0 Å². The lowest BCUT2D eigenvalue weighted by atomic mass is 9.94. The molecule has 2 amide bonds. The van der Waals surface area contributed by atoms with Gasteiger partial charge in [-0.3, -0.25) is 9.59 Å². The lowest BCUT2D eigenvalue weighted by molar-refractivity contribution is -0.116. The zero-order valence-electron chi connectivity index (χ0n) is 18.6. The van der Waals surface area contributed by atoms with Gasteiger partial charge in [0.2, 0.25) is 15.9 Å². The molecule has 8 heteroatoms. The number of amides is 2. The van der Waals surface area contributed by atoms with Gasteiger partial charge >= 0.3 is 0 Å². The fourth-order valence-corrected chi connectivity index (χ4v) is 5.71. The third kappa shape index (κ3) is 6.40. The average molecular weight is 458 g/mol. The van der Waals surface area contributed by atoms with E-state index in [0.717, 1.165) is 6.42 Å². The quantitative estimate of drug-likeness (QED) is 0.593. The van der Waals surface area contributed by atoms with Gasteiger partial charge in [0.05, 0.1) is 4.90 Å². The molecule has 0 spiro atoms. The van der Waals surface area contributed by atoms with Crippen molar-refractivity contribution in [2.24, 2.45) is 11.8 Å². The summed E-state index contributed by atoms with van der Waals surface area (Å²) in [5.74, 6) is 0.322.